The Morgan fingerprint density at radius 2 is 1.66 bits per heavy atom. The third-order valence-electron chi connectivity index (χ3n) is 4.82. The monoisotopic (exact) mass is 520 g/mol. The number of halogens is 1. The van der Waals surface area contributed by atoms with Crippen molar-refractivity contribution in [3.63, 3.8) is 0 Å². The topological polar surface area (TPSA) is 76.2 Å². The maximum Gasteiger partial charge on any atom is 0.344 e. The molecule has 0 atom stereocenters. The van der Waals surface area contributed by atoms with Crippen LogP contribution in [-0.2, 0) is 19.6 Å². The summed E-state index contributed by atoms with van der Waals surface area (Å²) in [5, 5.41) is 0.453. The average Bonchev–Trinajstić information content (AvgIpc) is 2.74. The molecule has 0 aliphatic rings. The van der Waals surface area contributed by atoms with E-state index in [9.17, 15) is 13.2 Å². The number of ether oxygens (including phenoxy) is 2. The number of hydrogen-bond acceptors (Lipinski definition) is 6. The van der Waals surface area contributed by atoms with Crippen molar-refractivity contribution in [2.45, 2.75) is 38.2 Å². The lowest BCUT2D eigenvalue weighted by atomic mass is 10.1. The van der Waals surface area contributed by atoms with Gasteiger partial charge in [-0.25, -0.2) is 13.2 Å². The van der Waals surface area contributed by atoms with E-state index in [0.29, 0.717) is 35.0 Å². The van der Waals surface area contributed by atoms with Crippen molar-refractivity contribution in [1.82, 2.24) is 9.21 Å². The quantitative estimate of drug-likeness (QED) is 0.387. The predicted octanol–water partition coefficient (Wildman–Crippen LogP) is 3.95. The van der Waals surface area contributed by atoms with Crippen LogP contribution >= 0.6 is 11.6 Å². The van der Waals surface area contributed by atoms with Crippen LogP contribution in [0.3, 0.4) is 0 Å². The second kappa shape index (κ2) is 11.9. The first-order valence-corrected chi connectivity index (χ1v) is 12.9. The maximum atomic E-state index is 13.0. The molecule has 0 aromatic heterocycles. The van der Waals surface area contributed by atoms with Crippen molar-refractivity contribution < 1.29 is 22.7 Å². The molecule has 0 saturated carbocycles. The highest BCUT2D eigenvalue weighted by molar-refractivity contribution is 7.89. The third-order valence-corrected chi connectivity index (χ3v) is 6.91. The minimum absolute atomic E-state index is 0.168. The summed E-state index contributed by atoms with van der Waals surface area (Å²) < 4.78 is 38.2. The third kappa shape index (κ3) is 8.86. The Hall–Kier alpha value is -2.57. The molecule has 9 heteroatoms. The van der Waals surface area contributed by atoms with Crippen molar-refractivity contribution >= 4 is 27.6 Å². The van der Waals surface area contributed by atoms with Gasteiger partial charge in [0.2, 0.25) is 10.0 Å². The molecule has 0 unspecified atom stereocenters. The fourth-order valence-electron chi connectivity index (χ4n) is 2.91. The van der Waals surface area contributed by atoms with Gasteiger partial charge in [0.1, 0.15) is 11.4 Å². The Morgan fingerprint density at radius 3 is 2.29 bits per heavy atom. The molecule has 35 heavy (non-hydrogen) atoms. The van der Waals surface area contributed by atoms with E-state index in [2.05, 4.69) is 11.8 Å². The molecule has 7 nitrogen and oxygen atoms in total. The highest BCUT2D eigenvalue weighted by Gasteiger charge is 2.21. The van der Waals surface area contributed by atoms with Crippen molar-refractivity contribution in [2.75, 3.05) is 40.8 Å². The summed E-state index contributed by atoms with van der Waals surface area (Å²) in [7, 11) is 1.68. The Kier molecular flexibility index (Phi) is 9.76. The molecule has 190 valence electrons. The number of carbonyl (C=O) groups excluding carboxylic acids is 1. The van der Waals surface area contributed by atoms with Crippen LogP contribution in [0.15, 0.2) is 41.3 Å². The van der Waals surface area contributed by atoms with Gasteiger partial charge >= 0.3 is 5.97 Å². The Bertz CT molecular complexity index is 1220. The Balaban J connectivity index is 2.32. The molecule has 0 radical (unpaired) electrons. The zero-order valence-electron chi connectivity index (χ0n) is 21.3. The minimum atomic E-state index is -3.66. The number of carbonyl (C=O) groups is 1. The summed E-state index contributed by atoms with van der Waals surface area (Å²) >= 11 is 6.15. The largest absolute Gasteiger partial charge is 0.481 e. The maximum absolute atomic E-state index is 13.0. The van der Waals surface area contributed by atoms with Crippen LogP contribution in [-0.4, -0.2) is 70.0 Å². The summed E-state index contributed by atoms with van der Waals surface area (Å²) in [6, 6.07) is 9.77. The SMILES string of the molecule is Cc1ccc(S(=O)(=O)N(C)CCN(C)C)cc1C#Cc1cc(Cl)ccc1OCC(=O)OC(C)(C)C. The molecule has 0 N–H and O–H groups in total. The molecule has 0 spiro atoms. The van der Waals surface area contributed by atoms with Crippen molar-refractivity contribution in [1.29, 1.82) is 0 Å². The summed E-state index contributed by atoms with van der Waals surface area (Å²) in [4.78, 5) is 14.1. The first-order valence-electron chi connectivity index (χ1n) is 11.1. The molecular weight excluding hydrogens is 488 g/mol. The fraction of sp³-hybridized carbons (Fsp3) is 0.423. The Labute approximate surface area is 214 Å². The first-order chi connectivity index (χ1) is 16.2. The van der Waals surface area contributed by atoms with Crippen LogP contribution in [0.5, 0.6) is 5.75 Å². The summed E-state index contributed by atoms with van der Waals surface area (Å²) in [6.07, 6.45) is 0. The van der Waals surface area contributed by atoms with Crippen LogP contribution in [0.2, 0.25) is 5.02 Å². The number of sulfonamides is 1. The number of aryl methyl sites for hydroxylation is 1. The number of likely N-dealkylation sites (N-methyl/N-ethyl adjacent to an activating group) is 2. The molecule has 0 aliphatic heterocycles. The normalized spacial score (nSPS) is 11.8. The lowest BCUT2D eigenvalue weighted by Crippen LogP contribution is -2.33. The van der Waals surface area contributed by atoms with Gasteiger partial charge in [0.25, 0.3) is 0 Å². The van der Waals surface area contributed by atoms with Gasteiger partial charge in [0, 0.05) is 30.7 Å². The van der Waals surface area contributed by atoms with E-state index in [1.807, 2.05) is 25.9 Å². The van der Waals surface area contributed by atoms with Crippen LogP contribution in [0.25, 0.3) is 0 Å². The zero-order chi connectivity index (χ0) is 26.4. The second-order valence-corrected chi connectivity index (χ2v) is 11.9. The van der Waals surface area contributed by atoms with Gasteiger partial charge in [-0.05, 0) is 77.7 Å². The predicted molar refractivity (Wildman–Crippen MR) is 138 cm³/mol. The molecule has 0 fully saturated rings. The number of nitrogens with zero attached hydrogens (tertiary/aromatic N) is 2. The van der Waals surface area contributed by atoms with Gasteiger partial charge in [0.05, 0.1) is 10.5 Å². The van der Waals surface area contributed by atoms with E-state index >= 15 is 0 Å². The Morgan fingerprint density at radius 1 is 1.00 bits per heavy atom. The highest BCUT2D eigenvalue weighted by atomic mass is 35.5. The van der Waals surface area contributed by atoms with Crippen molar-refractivity contribution in [3.8, 4) is 17.6 Å². The second-order valence-electron chi connectivity index (χ2n) is 9.37. The zero-order valence-corrected chi connectivity index (χ0v) is 22.9. The van der Waals surface area contributed by atoms with E-state index in [-0.39, 0.29) is 11.5 Å². The minimum Gasteiger partial charge on any atom is -0.481 e. The van der Waals surface area contributed by atoms with E-state index in [1.165, 1.54) is 4.31 Å². The smallest absolute Gasteiger partial charge is 0.344 e. The molecule has 0 heterocycles. The number of benzene rings is 2. The fourth-order valence-corrected chi connectivity index (χ4v) is 4.27. The van der Waals surface area contributed by atoms with E-state index < -0.39 is 21.6 Å². The standard InChI is InChI=1S/C26H33ClN2O5S/c1-19-8-12-23(35(31,32)29(7)15-14-28(5)6)17-20(19)9-10-21-16-22(27)11-13-24(21)33-18-25(30)34-26(2,3)4/h8,11-13,16-17H,14-15,18H2,1-7H3. The molecule has 0 aliphatic carbocycles. The molecule has 0 amide bonds. The summed E-state index contributed by atoms with van der Waals surface area (Å²) in [6.45, 7) is 7.89. The lowest BCUT2D eigenvalue weighted by Gasteiger charge is -2.19. The molecule has 2 rings (SSSR count). The van der Waals surface area contributed by atoms with E-state index in [4.69, 9.17) is 21.1 Å². The van der Waals surface area contributed by atoms with Gasteiger partial charge in [-0.2, -0.15) is 4.31 Å². The van der Waals surface area contributed by atoms with Crippen LogP contribution in [0, 0.1) is 18.8 Å². The van der Waals surface area contributed by atoms with Gasteiger partial charge in [-0.15, -0.1) is 0 Å². The van der Waals surface area contributed by atoms with Crippen LogP contribution < -0.4 is 4.74 Å². The molecule has 0 bridgehead atoms. The lowest BCUT2D eigenvalue weighted by molar-refractivity contribution is -0.157. The average molecular weight is 521 g/mol. The first kappa shape index (κ1) is 28.7. The molecular formula is C26H33ClN2O5S. The highest BCUT2D eigenvalue weighted by Crippen LogP contribution is 2.23. The van der Waals surface area contributed by atoms with Crippen molar-refractivity contribution in [3.05, 3.63) is 58.1 Å². The molecule has 0 saturated heterocycles. The summed E-state index contributed by atoms with van der Waals surface area (Å²) in [5.41, 5.74) is 1.24. The van der Waals surface area contributed by atoms with E-state index in [0.717, 1.165) is 5.56 Å². The van der Waals surface area contributed by atoms with Gasteiger partial charge < -0.3 is 14.4 Å². The van der Waals surface area contributed by atoms with Gasteiger partial charge in [0.15, 0.2) is 6.61 Å². The molecule has 2 aromatic rings. The number of esters is 1. The van der Waals surface area contributed by atoms with Crippen molar-refractivity contribution in [2.24, 2.45) is 0 Å². The van der Waals surface area contributed by atoms with Crippen LogP contribution in [0.1, 0.15) is 37.5 Å². The number of hydrogen-bond donors (Lipinski definition) is 0. The molecule has 2 aromatic carbocycles. The van der Waals surface area contributed by atoms with Gasteiger partial charge in [-0.3, -0.25) is 0 Å². The van der Waals surface area contributed by atoms with E-state index in [1.54, 1.807) is 64.2 Å². The number of rotatable bonds is 8. The van der Waals surface area contributed by atoms with Gasteiger partial charge in [-0.1, -0.05) is 29.5 Å². The van der Waals surface area contributed by atoms with Crippen LogP contribution in [0.4, 0.5) is 0 Å². The summed E-state index contributed by atoms with van der Waals surface area (Å²) in [5.74, 6) is 5.90.